The number of nitrogens with two attached hydrogens (primary N) is 1. The van der Waals surface area contributed by atoms with Gasteiger partial charge in [-0.3, -0.25) is 0 Å². The van der Waals surface area contributed by atoms with Crippen LogP contribution in [0.5, 0.6) is 0 Å². The average Bonchev–Trinajstić information content (AvgIpc) is 2.66. The molecular weight excluding hydrogens is 278 g/mol. The van der Waals surface area contributed by atoms with Crippen molar-refractivity contribution in [3.8, 4) is 0 Å². The lowest BCUT2D eigenvalue weighted by atomic mass is 10.2. The molecule has 0 aliphatic carbocycles. The molecule has 0 unspecified atom stereocenters. The topological polar surface area (TPSA) is 56.7 Å². The summed E-state index contributed by atoms with van der Waals surface area (Å²) in [5.74, 6) is -0.362. The Balaban J connectivity index is 2.11. The maximum atomic E-state index is 10.7. The number of aliphatic carboxylic acids is 1. The number of carboxylic acids is 1. The minimum absolute atomic E-state index is 0.172. The minimum atomic E-state index is -0.972. The second-order valence-corrected chi connectivity index (χ2v) is 5.52. The highest BCUT2D eigenvalue weighted by molar-refractivity contribution is 9.10. The van der Waals surface area contributed by atoms with Crippen molar-refractivity contribution in [3.05, 3.63) is 34.3 Å². The normalized spacial score (nSPS) is 25.4. The van der Waals surface area contributed by atoms with Crippen LogP contribution < -0.4 is 10.4 Å². The van der Waals surface area contributed by atoms with Gasteiger partial charge in [-0.2, -0.15) is 0 Å². The molecule has 3 nitrogen and oxygen atoms in total. The first-order valence-corrected chi connectivity index (χ1v) is 6.44. The van der Waals surface area contributed by atoms with E-state index in [1.807, 2.05) is 29.6 Å². The number of carboxylic acid groups (broad SMARTS) is 1. The van der Waals surface area contributed by atoms with E-state index in [9.17, 15) is 9.90 Å². The fraction of sp³-hybridized carbons (Fsp3) is 0.300. The van der Waals surface area contributed by atoms with Crippen LogP contribution >= 0.6 is 27.7 Å². The zero-order valence-electron chi connectivity index (χ0n) is 7.85. The zero-order chi connectivity index (χ0) is 10.8. The molecule has 1 aromatic rings. The summed E-state index contributed by atoms with van der Waals surface area (Å²) in [5, 5.41) is 12.7. The Morgan fingerprint density at radius 2 is 2.40 bits per heavy atom. The molecule has 5 heteroatoms. The molecule has 1 aromatic carbocycles. The van der Waals surface area contributed by atoms with Gasteiger partial charge in [-0.15, -0.1) is 0 Å². The van der Waals surface area contributed by atoms with Gasteiger partial charge in [-0.1, -0.05) is 39.8 Å². The van der Waals surface area contributed by atoms with E-state index in [4.69, 9.17) is 0 Å². The third-order valence-electron chi connectivity index (χ3n) is 2.34. The van der Waals surface area contributed by atoms with Crippen molar-refractivity contribution in [1.82, 2.24) is 0 Å². The van der Waals surface area contributed by atoms with Gasteiger partial charge in [0.15, 0.2) is 5.37 Å². The molecule has 0 amide bonds. The third kappa shape index (κ3) is 2.53. The van der Waals surface area contributed by atoms with Gasteiger partial charge in [0.2, 0.25) is 0 Å². The van der Waals surface area contributed by atoms with Gasteiger partial charge in [0.1, 0.15) is 12.0 Å². The molecule has 1 heterocycles. The molecule has 0 spiro atoms. The summed E-state index contributed by atoms with van der Waals surface area (Å²) in [7, 11) is 0. The van der Waals surface area contributed by atoms with Crippen molar-refractivity contribution in [1.29, 1.82) is 0 Å². The standard InChI is InChI=1S/C10H10BrNO2S/c11-7-3-1-2-6(4-7)9-12-8(5-15-9)10(13)14/h1-4,8-9,12H,5H2,(H,13,14)/t8-,9-/m0/s1. The average molecular weight is 288 g/mol. The molecule has 80 valence electrons. The highest BCUT2D eigenvalue weighted by Crippen LogP contribution is 2.28. The molecule has 15 heavy (non-hydrogen) atoms. The summed E-state index contributed by atoms with van der Waals surface area (Å²) in [6.07, 6.45) is 0. The Hall–Kier alpha value is -0.520. The van der Waals surface area contributed by atoms with E-state index in [0.29, 0.717) is 5.75 Å². The van der Waals surface area contributed by atoms with Gasteiger partial charge in [-0.05, 0) is 12.1 Å². The van der Waals surface area contributed by atoms with Gasteiger partial charge in [0.05, 0.1) is 5.75 Å². The van der Waals surface area contributed by atoms with Gasteiger partial charge in [0, 0.05) is 10.0 Å². The fourth-order valence-corrected chi connectivity index (χ4v) is 3.29. The SMILES string of the molecule is O=C([O-])[C@@H]1CS[C@@H](c2cccc(Br)c2)[NH2+]1. The molecule has 0 bridgehead atoms. The number of carbonyl (C=O) groups is 1. The highest BCUT2D eigenvalue weighted by atomic mass is 79.9. The number of rotatable bonds is 2. The zero-order valence-corrected chi connectivity index (χ0v) is 10.3. The lowest BCUT2D eigenvalue weighted by Gasteiger charge is -2.10. The van der Waals surface area contributed by atoms with Crippen LogP contribution in [0.25, 0.3) is 0 Å². The van der Waals surface area contributed by atoms with Crippen LogP contribution in [-0.4, -0.2) is 17.8 Å². The number of thioether (sulfide) groups is 1. The molecule has 1 fully saturated rings. The third-order valence-corrected chi connectivity index (χ3v) is 4.18. The first-order chi connectivity index (χ1) is 7.16. The predicted molar refractivity (Wildman–Crippen MR) is 60.1 cm³/mol. The van der Waals surface area contributed by atoms with E-state index in [1.54, 1.807) is 11.8 Å². The van der Waals surface area contributed by atoms with Gasteiger partial charge in [0.25, 0.3) is 0 Å². The van der Waals surface area contributed by atoms with Crippen molar-refractivity contribution < 1.29 is 15.2 Å². The highest BCUT2D eigenvalue weighted by Gasteiger charge is 2.30. The van der Waals surface area contributed by atoms with Gasteiger partial charge >= 0.3 is 0 Å². The quantitative estimate of drug-likeness (QED) is 0.825. The summed E-state index contributed by atoms with van der Waals surface area (Å²) >= 11 is 5.04. The van der Waals surface area contributed by atoms with Crippen molar-refractivity contribution >= 4 is 33.7 Å². The van der Waals surface area contributed by atoms with E-state index in [-0.39, 0.29) is 5.37 Å². The molecule has 1 saturated heterocycles. The van der Waals surface area contributed by atoms with Crippen molar-refractivity contribution in [2.45, 2.75) is 11.4 Å². The summed E-state index contributed by atoms with van der Waals surface area (Å²) in [6, 6.07) is 7.53. The number of quaternary nitrogens is 1. The summed E-state index contributed by atoms with van der Waals surface area (Å²) in [6.45, 7) is 0. The number of carbonyl (C=O) groups excluding carboxylic acids is 1. The second kappa shape index (κ2) is 4.55. The monoisotopic (exact) mass is 287 g/mol. The molecule has 2 atom stereocenters. The lowest BCUT2D eigenvalue weighted by Crippen LogP contribution is -2.90. The molecule has 0 aromatic heterocycles. The first kappa shape index (κ1) is 11.0. The maximum Gasteiger partial charge on any atom is 0.159 e. The number of benzene rings is 1. The lowest BCUT2D eigenvalue weighted by molar-refractivity contribution is -0.690. The van der Waals surface area contributed by atoms with Crippen LogP contribution in [0.4, 0.5) is 0 Å². The molecule has 2 rings (SSSR count). The Labute approximate surface area is 100 Å². The predicted octanol–water partition coefficient (Wildman–Crippen LogP) is -0.124. The van der Waals surface area contributed by atoms with Crippen LogP contribution in [0.15, 0.2) is 28.7 Å². The second-order valence-electron chi connectivity index (χ2n) is 3.43. The van der Waals surface area contributed by atoms with E-state index in [0.717, 1.165) is 10.0 Å². The van der Waals surface area contributed by atoms with E-state index < -0.39 is 12.0 Å². The van der Waals surface area contributed by atoms with Crippen LogP contribution in [0, 0.1) is 0 Å². The molecule has 0 radical (unpaired) electrons. The maximum absolute atomic E-state index is 10.7. The Morgan fingerprint density at radius 1 is 1.60 bits per heavy atom. The van der Waals surface area contributed by atoms with Gasteiger partial charge in [-0.25, -0.2) is 0 Å². The summed E-state index contributed by atoms with van der Waals surface area (Å²) < 4.78 is 1.02. The molecular formula is C10H10BrNO2S. The molecule has 1 aliphatic heterocycles. The smallest absolute Gasteiger partial charge is 0.159 e. The van der Waals surface area contributed by atoms with Crippen LogP contribution in [-0.2, 0) is 4.79 Å². The summed E-state index contributed by atoms with van der Waals surface area (Å²) in [4.78, 5) is 10.7. The number of hydrogen-bond donors (Lipinski definition) is 1. The van der Waals surface area contributed by atoms with E-state index in [2.05, 4.69) is 15.9 Å². The molecule has 1 aliphatic rings. The van der Waals surface area contributed by atoms with Crippen molar-refractivity contribution in [2.24, 2.45) is 0 Å². The van der Waals surface area contributed by atoms with Crippen LogP contribution in [0.1, 0.15) is 10.9 Å². The Bertz CT molecular complexity index is 385. The number of halogens is 1. The first-order valence-electron chi connectivity index (χ1n) is 4.60. The minimum Gasteiger partial charge on any atom is -0.544 e. The van der Waals surface area contributed by atoms with Gasteiger partial charge < -0.3 is 15.2 Å². The Morgan fingerprint density at radius 3 is 3.00 bits per heavy atom. The van der Waals surface area contributed by atoms with E-state index >= 15 is 0 Å². The fourth-order valence-electron chi connectivity index (χ4n) is 1.57. The summed E-state index contributed by atoms with van der Waals surface area (Å²) in [5.41, 5.74) is 1.14. The van der Waals surface area contributed by atoms with Crippen LogP contribution in [0.3, 0.4) is 0 Å². The van der Waals surface area contributed by atoms with E-state index in [1.165, 1.54) is 0 Å². The molecule has 2 N–H and O–H groups in total. The molecule has 0 saturated carbocycles. The largest absolute Gasteiger partial charge is 0.544 e. The Kier molecular flexibility index (Phi) is 3.33. The van der Waals surface area contributed by atoms with Crippen molar-refractivity contribution in [2.75, 3.05) is 5.75 Å². The van der Waals surface area contributed by atoms with Crippen LogP contribution in [0.2, 0.25) is 0 Å². The van der Waals surface area contributed by atoms with Crippen molar-refractivity contribution in [3.63, 3.8) is 0 Å². The number of hydrogen-bond acceptors (Lipinski definition) is 3.